The summed E-state index contributed by atoms with van der Waals surface area (Å²) in [6.07, 6.45) is 6.26. The molecule has 0 aromatic heterocycles. The third kappa shape index (κ3) is 10.9. The third-order valence-corrected chi connectivity index (χ3v) is 14.5. The van der Waals surface area contributed by atoms with Crippen molar-refractivity contribution in [3.63, 3.8) is 0 Å². The number of para-hydroxylation sites is 2. The summed E-state index contributed by atoms with van der Waals surface area (Å²) in [6.45, 7) is 3.37. The molecule has 2 heterocycles. The lowest BCUT2D eigenvalue weighted by Gasteiger charge is -2.32. The summed E-state index contributed by atoms with van der Waals surface area (Å²) >= 11 is 0. The van der Waals surface area contributed by atoms with Gasteiger partial charge in [0.2, 0.25) is 17.7 Å². The highest BCUT2D eigenvalue weighted by Crippen LogP contribution is 2.39. The van der Waals surface area contributed by atoms with Crippen molar-refractivity contribution in [1.82, 2.24) is 26.6 Å². The monoisotopic (exact) mass is 941 g/mol. The van der Waals surface area contributed by atoms with Crippen molar-refractivity contribution in [2.75, 3.05) is 23.9 Å². The quantitative estimate of drug-likeness (QED) is 0.102. The van der Waals surface area contributed by atoms with Crippen molar-refractivity contribution >= 4 is 46.7 Å². The normalized spacial score (nSPS) is 20.2. The lowest BCUT2D eigenvalue weighted by Crippen LogP contribution is -2.56. The minimum Gasteiger partial charge on any atom is -0.347 e. The molecule has 8 rings (SSSR count). The van der Waals surface area contributed by atoms with Crippen LogP contribution in [0.2, 0.25) is 0 Å². The number of likely N-dealkylation sites (N-methyl/N-ethyl adjacent to an activating group) is 2. The van der Waals surface area contributed by atoms with E-state index in [1.807, 2.05) is 78.9 Å². The van der Waals surface area contributed by atoms with E-state index in [9.17, 15) is 28.8 Å². The molecule has 5 amide bonds. The van der Waals surface area contributed by atoms with E-state index in [1.54, 1.807) is 32.8 Å². The summed E-state index contributed by atoms with van der Waals surface area (Å²) in [6, 6.07) is 26.0. The van der Waals surface area contributed by atoms with Crippen LogP contribution in [0, 0.1) is 23.7 Å². The number of Topliss-reactive ketones (excluding diaryl/α,β-unsaturated/α-hetero) is 1. The summed E-state index contributed by atoms with van der Waals surface area (Å²) in [5.74, 6) is 9.54. The number of anilines is 2. The van der Waals surface area contributed by atoms with Gasteiger partial charge in [-0.25, -0.2) is 0 Å². The van der Waals surface area contributed by atoms with Crippen molar-refractivity contribution in [3.8, 4) is 23.7 Å². The Labute approximate surface area is 411 Å². The van der Waals surface area contributed by atoms with Crippen molar-refractivity contribution in [3.05, 3.63) is 130 Å². The largest absolute Gasteiger partial charge is 0.347 e. The van der Waals surface area contributed by atoms with E-state index in [-0.39, 0.29) is 36.5 Å². The fourth-order valence-electron chi connectivity index (χ4n) is 10.4. The van der Waals surface area contributed by atoms with Crippen LogP contribution in [0.3, 0.4) is 0 Å². The lowest BCUT2D eigenvalue weighted by molar-refractivity contribution is -0.130. The molecule has 13 nitrogen and oxygen atoms in total. The topological polar surface area (TPSA) is 169 Å². The molecule has 2 aliphatic heterocycles. The van der Waals surface area contributed by atoms with Crippen LogP contribution in [0.4, 0.5) is 11.4 Å². The fourth-order valence-corrected chi connectivity index (χ4v) is 10.4. The van der Waals surface area contributed by atoms with Crippen molar-refractivity contribution in [2.45, 2.75) is 133 Å². The number of fused-ring (bicyclic) bond motifs is 4. The highest BCUT2D eigenvalue weighted by Gasteiger charge is 2.43. The van der Waals surface area contributed by atoms with E-state index < -0.39 is 59.9 Å². The highest BCUT2D eigenvalue weighted by atomic mass is 16.2. The molecule has 0 saturated heterocycles. The standard InChI is InChI=1S/C57H63N7O6/c1-36(58-3)53(66)61-46(56(69)63-48-31-15-11-21-41(48)33-50(63)52(65)35-40-25-17-23-38-19-9-13-26-43(38)40)28-7-5-6-8-29-47(62-54(67)37(2)59-4)57(70)64-49-32-16-12-22-42(49)34-51(64)55(68)60-45-30-18-24-39-20-10-14-27-44(39)45/h9-16,19-22,26-27,31-32,36-37,40,45-47,50-51,58-59H,17-18,23-25,28-30,33-35H2,1-4H3,(H,60,68)(H,61,66)(H,62,67)/t36-,37-,40-,45+,46-,47-,50-,51-/m0/s1. The number of carbonyl (C=O) groups excluding carboxylic acids is 6. The summed E-state index contributed by atoms with van der Waals surface area (Å²) in [7, 11) is 3.30. The number of ketones is 1. The Kier molecular flexibility index (Phi) is 15.9. The Morgan fingerprint density at radius 3 is 1.60 bits per heavy atom. The number of carbonyl (C=O) groups is 6. The maximum Gasteiger partial charge on any atom is 0.251 e. The molecule has 0 radical (unpaired) electrons. The van der Waals surface area contributed by atoms with Crippen LogP contribution < -0.4 is 36.4 Å². The molecule has 5 N–H and O–H groups in total. The molecule has 2 aliphatic carbocycles. The van der Waals surface area contributed by atoms with Crippen LogP contribution in [0.15, 0.2) is 97.1 Å². The molecule has 4 aromatic carbocycles. The van der Waals surface area contributed by atoms with Gasteiger partial charge in [-0.15, -0.1) is 0 Å². The minimum absolute atomic E-state index is 0.0310. The summed E-state index contributed by atoms with van der Waals surface area (Å²) < 4.78 is 0. The van der Waals surface area contributed by atoms with Gasteiger partial charge in [-0.05, 0) is 130 Å². The summed E-state index contributed by atoms with van der Waals surface area (Å²) in [4.78, 5) is 88.0. The predicted octanol–water partition coefficient (Wildman–Crippen LogP) is 5.15. The van der Waals surface area contributed by atoms with Crippen LogP contribution in [0.1, 0.15) is 104 Å². The zero-order chi connectivity index (χ0) is 49.3. The molecular weight excluding hydrogens is 879 g/mol. The average molecular weight is 942 g/mol. The zero-order valence-electron chi connectivity index (χ0n) is 40.5. The van der Waals surface area contributed by atoms with E-state index in [2.05, 4.69) is 68.5 Å². The van der Waals surface area contributed by atoms with E-state index in [0.29, 0.717) is 30.6 Å². The molecule has 8 atom stereocenters. The number of nitrogens with zero attached hydrogens (tertiary/aromatic N) is 2. The lowest BCUT2D eigenvalue weighted by atomic mass is 9.79. The minimum atomic E-state index is -1.14. The number of rotatable bonds is 15. The van der Waals surface area contributed by atoms with Gasteiger partial charge in [0, 0.05) is 43.5 Å². The number of aryl methyl sites for hydroxylation is 2. The molecular formula is C57H63N7O6. The van der Waals surface area contributed by atoms with E-state index >= 15 is 0 Å². The van der Waals surface area contributed by atoms with Gasteiger partial charge >= 0.3 is 0 Å². The molecule has 0 fully saturated rings. The average Bonchev–Trinajstić information content (AvgIpc) is 3.98. The Balaban J connectivity index is 1.02. The zero-order valence-corrected chi connectivity index (χ0v) is 40.5. The van der Waals surface area contributed by atoms with Crippen LogP contribution in [0.5, 0.6) is 0 Å². The number of amides is 5. The highest BCUT2D eigenvalue weighted by molar-refractivity contribution is 6.08. The summed E-state index contributed by atoms with van der Waals surface area (Å²) in [5, 5.41) is 14.8. The van der Waals surface area contributed by atoms with Crippen LogP contribution in [0.25, 0.3) is 0 Å². The number of nitrogens with one attached hydrogen (secondary N) is 5. The Hall–Kier alpha value is -7.06. The SMILES string of the molecule is CN[C@@H](C)C(=O)N[C@@H](CC#CC#CC[C@H](NC(=O)[C@H](C)NC)C(=O)N1c2ccccc2C[C@H]1C(=O)N[C@@H]1CCCc2ccccc21)C(=O)N1c2ccccc2C[C@H]1C(=O)C[C@@H]1CCCc2ccccc21. The number of benzene rings is 4. The second-order valence-electron chi connectivity index (χ2n) is 18.9. The smallest absolute Gasteiger partial charge is 0.251 e. The molecule has 0 unspecified atom stereocenters. The van der Waals surface area contributed by atoms with Gasteiger partial charge in [0.05, 0.1) is 24.2 Å². The first-order chi connectivity index (χ1) is 34.0. The molecule has 4 aliphatic rings. The van der Waals surface area contributed by atoms with Crippen molar-refractivity contribution in [1.29, 1.82) is 0 Å². The van der Waals surface area contributed by atoms with Gasteiger partial charge in [0.1, 0.15) is 18.1 Å². The molecule has 70 heavy (non-hydrogen) atoms. The van der Waals surface area contributed by atoms with Crippen LogP contribution in [-0.2, 0) is 54.5 Å². The predicted molar refractivity (Wildman–Crippen MR) is 271 cm³/mol. The van der Waals surface area contributed by atoms with Gasteiger partial charge in [-0.3, -0.25) is 38.6 Å². The third-order valence-electron chi connectivity index (χ3n) is 14.5. The second kappa shape index (κ2) is 22.6. The van der Waals surface area contributed by atoms with Crippen molar-refractivity contribution < 1.29 is 28.8 Å². The van der Waals surface area contributed by atoms with Crippen LogP contribution in [-0.4, -0.2) is 85.7 Å². The molecule has 13 heteroatoms. The first-order valence-corrected chi connectivity index (χ1v) is 24.7. The molecule has 0 saturated carbocycles. The maximum absolute atomic E-state index is 14.8. The number of hydrogen-bond donors (Lipinski definition) is 5. The van der Waals surface area contributed by atoms with Crippen molar-refractivity contribution in [2.24, 2.45) is 0 Å². The molecule has 0 bridgehead atoms. The fraction of sp³-hybridized carbons (Fsp3) is 0.404. The van der Waals surface area contributed by atoms with Gasteiger partial charge in [0.15, 0.2) is 5.78 Å². The van der Waals surface area contributed by atoms with Gasteiger partial charge < -0.3 is 26.6 Å². The molecule has 4 aromatic rings. The Morgan fingerprint density at radius 1 is 0.586 bits per heavy atom. The second-order valence-corrected chi connectivity index (χ2v) is 18.9. The Morgan fingerprint density at radius 2 is 1.04 bits per heavy atom. The summed E-state index contributed by atoms with van der Waals surface area (Å²) in [5.41, 5.74) is 7.69. The van der Waals surface area contributed by atoms with Crippen LogP contribution >= 0.6 is 0 Å². The molecule has 0 spiro atoms. The first kappa shape index (κ1) is 49.4. The molecule has 362 valence electrons. The number of hydrogen-bond acceptors (Lipinski definition) is 8. The van der Waals surface area contributed by atoms with Gasteiger partial charge in [0.25, 0.3) is 11.8 Å². The van der Waals surface area contributed by atoms with E-state index in [4.69, 9.17) is 0 Å². The maximum atomic E-state index is 14.8. The Bertz CT molecular complexity index is 2580. The first-order valence-electron chi connectivity index (χ1n) is 24.7. The van der Waals surface area contributed by atoms with E-state index in [1.165, 1.54) is 21.6 Å². The van der Waals surface area contributed by atoms with Gasteiger partial charge in [-0.1, -0.05) is 96.8 Å². The van der Waals surface area contributed by atoms with E-state index in [0.717, 1.165) is 55.2 Å². The van der Waals surface area contributed by atoms with Gasteiger partial charge in [-0.2, -0.15) is 0 Å².